The fourth-order valence-corrected chi connectivity index (χ4v) is 3.98. The number of amides is 1. The highest BCUT2D eigenvalue weighted by Gasteiger charge is 2.15. The largest absolute Gasteiger partial charge is 0.490 e. The minimum absolute atomic E-state index is 0.222. The van der Waals surface area contributed by atoms with Crippen LogP contribution in [0.15, 0.2) is 61.1 Å². The molecule has 5 rings (SSSR count). The lowest BCUT2D eigenvalue weighted by atomic mass is 10.1. The number of aromatic nitrogens is 4. The van der Waals surface area contributed by atoms with Gasteiger partial charge in [0.2, 0.25) is 0 Å². The molecule has 34 heavy (non-hydrogen) atoms. The van der Waals surface area contributed by atoms with Gasteiger partial charge in [-0.15, -0.1) is 0 Å². The molecule has 1 fully saturated rings. The minimum atomic E-state index is -0.227. The quantitative estimate of drug-likeness (QED) is 0.445. The lowest BCUT2D eigenvalue weighted by Crippen LogP contribution is -2.34. The molecule has 4 aromatic rings. The van der Waals surface area contributed by atoms with Crippen LogP contribution in [0, 0.1) is 0 Å². The first-order valence-electron chi connectivity index (χ1n) is 11.7. The molecule has 1 aromatic carbocycles. The third-order valence-electron chi connectivity index (χ3n) is 5.95. The predicted octanol–water partition coefficient (Wildman–Crippen LogP) is 4.46. The number of anilines is 1. The Kier molecular flexibility index (Phi) is 6.22. The molecular weight excluding hydrogens is 428 g/mol. The molecule has 0 aliphatic carbocycles. The second kappa shape index (κ2) is 9.61. The molecule has 0 atom stereocenters. The second-order valence-electron chi connectivity index (χ2n) is 8.81. The summed E-state index contributed by atoms with van der Waals surface area (Å²) in [6.45, 7) is 6.12. The molecule has 174 valence electrons. The first-order chi connectivity index (χ1) is 16.5. The molecule has 1 aliphatic rings. The zero-order chi connectivity index (χ0) is 23.5. The Labute approximate surface area is 198 Å². The van der Waals surface area contributed by atoms with Crippen molar-refractivity contribution in [2.45, 2.75) is 38.8 Å². The first kappa shape index (κ1) is 22.0. The standard InChI is InChI=1S/C26H28N6O2/c1-17(2)32-16-20(15-29-32)23-8-5-19-14-28-25(13-24(19)30-23)31-26(33)18-3-6-21(7-4-18)34-22-9-11-27-12-10-22/h3-8,13-17,22,27H,9-12H2,1-2H3,(H,28,31,33). The summed E-state index contributed by atoms with van der Waals surface area (Å²) in [4.78, 5) is 21.9. The maximum absolute atomic E-state index is 12.8. The van der Waals surface area contributed by atoms with Crippen LogP contribution in [-0.2, 0) is 0 Å². The van der Waals surface area contributed by atoms with Gasteiger partial charge in [-0.1, -0.05) is 0 Å². The van der Waals surface area contributed by atoms with Gasteiger partial charge in [0.25, 0.3) is 5.91 Å². The molecule has 0 radical (unpaired) electrons. The van der Waals surface area contributed by atoms with E-state index < -0.39 is 0 Å². The van der Waals surface area contributed by atoms with E-state index in [1.165, 1.54) is 0 Å². The molecule has 3 aromatic heterocycles. The summed E-state index contributed by atoms with van der Waals surface area (Å²) in [7, 11) is 0. The highest BCUT2D eigenvalue weighted by Crippen LogP contribution is 2.23. The van der Waals surface area contributed by atoms with Crippen molar-refractivity contribution >= 4 is 22.6 Å². The van der Waals surface area contributed by atoms with Crippen LogP contribution in [0.2, 0.25) is 0 Å². The summed E-state index contributed by atoms with van der Waals surface area (Å²) in [5, 5.41) is 11.5. The van der Waals surface area contributed by atoms with Crippen LogP contribution in [0.1, 0.15) is 43.1 Å². The summed E-state index contributed by atoms with van der Waals surface area (Å²) in [5.74, 6) is 1.01. The molecule has 1 saturated heterocycles. The SMILES string of the molecule is CC(C)n1cc(-c2ccc3cnc(NC(=O)c4ccc(OC5CCNCC5)cc4)cc3n2)cn1. The van der Waals surface area contributed by atoms with Crippen LogP contribution < -0.4 is 15.4 Å². The van der Waals surface area contributed by atoms with Gasteiger partial charge in [0, 0.05) is 41.0 Å². The van der Waals surface area contributed by atoms with Crippen molar-refractivity contribution in [1.29, 1.82) is 0 Å². The molecule has 2 N–H and O–H groups in total. The van der Waals surface area contributed by atoms with Crippen LogP contribution in [-0.4, -0.2) is 44.8 Å². The molecule has 0 bridgehead atoms. The Balaban J connectivity index is 1.29. The monoisotopic (exact) mass is 456 g/mol. The van der Waals surface area contributed by atoms with E-state index in [0.29, 0.717) is 11.4 Å². The number of rotatable bonds is 6. The number of fused-ring (bicyclic) bond motifs is 1. The van der Waals surface area contributed by atoms with E-state index in [1.54, 1.807) is 24.4 Å². The Morgan fingerprint density at radius 3 is 2.65 bits per heavy atom. The van der Waals surface area contributed by atoms with Crippen molar-refractivity contribution in [3.8, 4) is 17.0 Å². The van der Waals surface area contributed by atoms with E-state index in [9.17, 15) is 4.79 Å². The molecule has 8 nitrogen and oxygen atoms in total. The van der Waals surface area contributed by atoms with Gasteiger partial charge in [0.1, 0.15) is 17.7 Å². The van der Waals surface area contributed by atoms with Crippen molar-refractivity contribution in [1.82, 2.24) is 25.1 Å². The number of piperidine rings is 1. The Bertz CT molecular complexity index is 1290. The number of nitrogens with zero attached hydrogens (tertiary/aromatic N) is 4. The molecule has 1 aliphatic heterocycles. The first-order valence-corrected chi connectivity index (χ1v) is 11.7. The summed E-state index contributed by atoms with van der Waals surface area (Å²) in [5.41, 5.74) is 3.07. The third kappa shape index (κ3) is 4.92. The lowest BCUT2D eigenvalue weighted by Gasteiger charge is -2.23. The van der Waals surface area contributed by atoms with Crippen molar-refractivity contribution < 1.29 is 9.53 Å². The van der Waals surface area contributed by atoms with Crippen molar-refractivity contribution in [2.24, 2.45) is 0 Å². The van der Waals surface area contributed by atoms with Gasteiger partial charge in [0.15, 0.2) is 0 Å². The zero-order valence-corrected chi connectivity index (χ0v) is 19.4. The van der Waals surface area contributed by atoms with Crippen LogP contribution in [0.3, 0.4) is 0 Å². The average molecular weight is 457 g/mol. The van der Waals surface area contributed by atoms with Crippen molar-refractivity contribution in [3.05, 3.63) is 66.6 Å². The summed E-state index contributed by atoms with van der Waals surface area (Å²) in [6, 6.07) is 13.2. The molecular formula is C26H28N6O2. The number of hydrogen-bond donors (Lipinski definition) is 2. The van der Waals surface area contributed by atoms with Gasteiger partial charge in [-0.25, -0.2) is 9.97 Å². The van der Waals surface area contributed by atoms with Crippen molar-refractivity contribution in [2.75, 3.05) is 18.4 Å². The van der Waals surface area contributed by atoms with Crippen LogP contribution in [0.25, 0.3) is 22.2 Å². The van der Waals surface area contributed by atoms with E-state index in [0.717, 1.165) is 53.8 Å². The highest BCUT2D eigenvalue weighted by atomic mass is 16.5. The van der Waals surface area contributed by atoms with Gasteiger partial charge in [-0.3, -0.25) is 9.48 Å². The average Bonchev–Trinajstić information content (AvgIpc) is 3.36. The highest BCUT2D eigenvalue weighted by molar-refractivity contribution is 6.04. The maximum atomic E-state index is 12.8. The van der Waals surface area contributed by atoms with Gasteiger partial charge in [-0.2, -0.15) is 5.10 Å². The number of carbonyl (C=O) groups excluding carboxylic acids is 1. The van der Waals surface area contributed by atoms with Gasteiger partial charge >= 0.3 is 0 Å². The molecule has 4 heterocycles. The fraction of sp³-hybridized carbons (Fsp3) is 0.308. The lowest BCUT2D eigenvalue weighted by molar-refractivity contribution is 0.102. The summed E-state index contributed by atoms with van der Waals surface area (Å²) in [6.07, 6.45) is 7.73. The van der Waals surface area contributed by atoms with Gasteiger partial charge in [0.05, 0.1) is 17.4 Å². The minimum Gasteiger partial charge on any atom is -0.490 e. The van der Waals surface area contributed by atoms with E-state index in [2.05, 4.69) is 34.6 Å². The van der Waals surface area contributed by atoms with Gasteiger partial charge < -0.3 is 15.4 Å². The number of benzene rings is 1. The molecule has 0 spiro atoms. The molecule has 0 saturated carbocycles. The summed E-state index contributed by atoms with van der Waals surface area (Å²) >= 11 is 0. The fourth-order valence-electron chi connectivity index (χ4n) is 3.98. The van der Waals surface area contributed by atoms with E-state index >= 15 is 0 Å². The Morgan fingerprint density at radius 2 is 1.91 bits per heavy atom. The van der Waals surface area contributed by atoms with Crippen molar-refractivity contribution in [3.63, 3.8) is 0 Å². The third-order valence-corrected chi connectivity index (χ3v) is 5.95. The maximum Gasteiger partial charge on any atom is 0.256 e. The molecule has 8 heteroatoms. The van der Waals surface area contributed by atoms with Crippen LogP contribution >= 0.6 is 0 Å². The van der Waals surface area contributed by atoms with E-state index in [-0.39, 0.29) is 18.1 Å². The number of carbonyl (C=O) groups is 1. The number of pyridine rings is 2. The van der Waals surface area contributed by atoms with Gasteiger partial charge in [-0.05, 0) is 76.2 Å². The Morgan fingerprint density at radius 1 is 1.12 bits per heavy atom. The summed E-state index contributed by atoms with van der Waals surface area (Å²) < 4.78 is 7.93. The second-order valence-corrected chi connectivity index (χ2v) is 8.81. The molecule has 1 amide bonds. The Hall–Kier alpha value is -3.78. The van der Waals surface area contributed by atoms with Crippen LogP contribution in [0.5, 0.6) is 5.75 Å². The normalized spacial score (nSPS) is 14.4. The topological polar surface area (TPSA) is 94.0 Å². The molecule has 0 unspecified atom stereocenters. The van der Waals surface area contributed by atoms with E-state index in [1.807, 2.05) is 41.3 Å². The number of nitrogens with one attached hydrogen (secondary N) is 2. The number of hydrogen-bond acceptors (Lipinski definition) is 6. The van der Waals surface area contributed by atoms with Crippen LogP contribution in [0.4, 0.5) is 5.82 Å². The predicted molar refractivity (Wildman–Crippen MR) is 132 cm³/mol. The van der Waals surface area contributed by atoms with E-state index in [4.69, 9.17) is 9.72 Å². The zero-order valence-electron chi connectivity index (χ0n) is 19.4. The smallest absolute Gasteiger partial charge is 0.256 e. The number of ether oxygens (including phenoxy) is 1.